The molecule has 0 aromatic carbocycles. The van der Waals surface area contributed by atoms with Crippen LogP contribution in [-0.2, 0) is 9.13 Å². The first kappa shape index (κ1) is 20.9. The van der Waals surface area contributed by atoms with E-state index in [1.165, 1.54) is 0 Å². The van der Waals surface area contributed by atoms with E-state index in [0.29, 0.717) is 0 Å². The summed E-state index contributed by atoms with van der Waals surface area (Å²) < 4.78 is 20.1. The van der Waals surface area contributed by atoms with Crippen LogP contribution in [-0.4, -0.2) is 31.9 Å². The Hall–Kier alpha value is 3.57. The van der Waals surface area contributed by atoms with Crippen molar-refractivity contribution in [3.05, 3.63) is 0 Å². The third kappa shape index (κ3) is 19.2. The van der Waals surface area contributed by atoms with Crippen LogP contribution in [0, 0.1) is 0 Å². The van der Waals surface area contributed by atoms with E-state index in [2.05, 4.69) is 0 Å². The molecule has 4 N–H and O–H groups in total. The molecule has 0 saturated heterocycles. The van der Waals surface area contributed by atoms with Crippen LogP contribution < -0.4 is 103 Å². The molecule has 0 rings (SSSR count). The average molecular weight is 270 g/mol. The molecule has 0 unspecified atom stereocenters. The maximum Gasteiger partial charge on any atom is 1.00 e. The molecule has 66 valence electrons. The van der Waals surface area contributed by atoms with Gasteiger partial charge in [-0.05, 0) is 0 Å². The van der Waals surface area contributed by atoms with Crippen LogP contribution in [0.5, 0.6) is 0 Å². The van der Waals surface area contributed by atoms with E-state index < -0.39 is 27.5 Å². The van der Waals surface area contributed by atoms with Gasteiger partial charge in [0.25, 0.3) is 0 Å². The maximum atomic E-state index is 10.0. The van der Waals surface area contributed by atoms with Crippen LogP contribution in [0.1, 0.15) is 2.85 Å². The Morgan fingerprint density at radius 3 is 1.08 bits per heavy atom. The molecule has 0 aromatic rings. The number of hydrogen-bond donors (Lipinski definition) is 4. The van der Waals surface area contributed by atoms with E-state index in [0.717, 1.165) is 0 Å². The predicted molar refractivity (Wildman–Crippen MR) is 36.0 cm³/mol. The molecule has 0 radical (unpaired) electrons. The summed E-state index contributed by atoms with van der Waals surface area (Å²) in [4.78, 5) is 32.6. The molecular formula is C2H10K2O6P2. The first-order chi connectivity index (χ1) is 4.21. The Morgan fingerprint density at radius 2 is 1.00 bits per heavy atom. The van der Waals surface area contributed by atoms with Crippen molar-refractivity contribution in [2.45, 2.75) is 0 Å². The molecule has 0 saturated carbocycles. The summed E-state index contributed by atoms with van der Waals surface area (Å²) in [6.45, 7) is 0. The van der Waals surface area contributed by atoms with Crippen molar-refractivity contribution in [3.8, 4) is 0 Å². The van der Waals surface area contributed by atoms with Crippen molar-refractivity contribution in [1.82, 2.24) is 0 Å². The molecule has 0 aromatic heterocycles. The van der Waals surface area contributed by atoms with Crippen molar-refractivity contribution in [3.63, 3.8) is 0 Å². The van der Waals surface area contributed by atoms with Gasteiger partial charge in [-0.1, -0.05) is 0 Å². The normalized spacial score (nSPS) is 11.3. The van der Waals surface area contributed by atoms with Gasteiger partial charge in [0.15, 0.2) is 0 Å². The van der Waals surface area contributed by atoms with Gasteiger partial charge in [-0.15, -0.1) is 0 Å². The van der Waals surface area contributed by atoms with Crippen molar-refractivity contribution in [2.75, 3.05) is 12.3 Å². The van der Waals surface area contributed by atoms with Gasteiger partial charge in [0.2, 0.25) is 0 Å². The minimum Gasteiger partial charge on any atom is -1.00 e. The number of rotatable bonds is 3. The molecule has 0 amide bonds. The Labute approximate surface area is 158 Å². The SMILES string of the molecule is O=P(O)(O)CCP(=O)(O)O.[H-].[H-].[K+].[K+]. The van der Waals surface area contributed by atoms with Crippen LogP contribution >= 0.6 is 15.2 Å². The van der Waals surface area contributed by atoms with Crippen molar-refractivity contribution < 1.29 is 134 Å². The summed E-state index contributed by atoms with van der Waals surface area (Å²) in [7, 11) is -8.51. The Morgan fingerprint density at radius 1 is 0.833 bits per heavy atom. The fourth-order valence-electron chi connectivity index (χ4n) is 0.261. The summed E-state index contributed by atoms with van der Waals surface area (Å²) in [5, 5.41) is 0. The largest absolute Gasteiger partial charge is 1.00 e. The van der Waals surface area contributed by atoms with E-state index in [-0.39, 0.29) is 106 Å². The van der Waals surface area contributed by atoms with Crippen LogP contribution in [0.25, 0.3) is 0 Å². The second-order valence-electron chi connectivity index (χ2n) is 1.78. The van der Waals surface area contributed by atoms with Gasteiger partial charge in [0.05, 0.1) is 12.3 Å². The molecule has 0 bridgehead atoms. The van der Waals surface area contributed by atoms with Crippen molar-refractivity contribution >= 4 is 15.2 Å². The van der Waals surface area contributed by atoms with Crippen LogP contribution in [0.15, 0.2) is 0 Å². The first-order valence-electron chi connectivity index (χ1n) is 2.30. The molecule has 0 aliphatic rings. The van der Waals surface area contributed by atoms with Crippen LogP contribution in [0.3, 0.4) is 0 Å². The second kappa shape index (κ2) is 8.69. The van der Waals surface area contributed by atoms with Crippen LogP contribution in [0.2, 0.25) is 0 Å². The molecule has 0 atom stereocenters. The fraction of sp³-hybridized carbons (Fsp3) is 1.00. The zero-order valence-corrected chi connectivity index (χ0v) is 14.9. The minimum absolute atomic E-state index is 0. The average Bonchev–Trinajstić information content (AvgIpc) is 1.57. The smallest absolute Gasteiger partial charge is 1.00 e. The van der Waals surface area contributed by atoms with Gasteiger partial charge in [-0.2, -0.15) is 0 Å². The van der Waals surface area contributed by atoms with Crippen molar-refractivity contribution in [2.24, 2.45) is 0 Å². The third-order valence-electron chi connectivity index (χ3n) is 0.683. The van der Waals surface area contributed by atoms with E-state index in [4.69, 9.17) is 19.6 Å². The van der Waals surface area contributed by atoms with Gasteiger partial charge >= 0.3 is 118 Å². The summed E-state index contributed by atoms with van der Waals surface area (Å²) in [6.07, 6.45) is -1.53. The quantitative estimate of drug-likeness (QED) is 0.299. The summed E-state index contributed by atoms with van der Waals surface area (Å²) in [5.74, 6) is 0. The topological polar surface area (TPSA) is 115 Å². The molecule has 12 heavy (non-hydrogen) atoms. The van der Waals surface area contributed by atoms with Gasteiger partial charge < -0.3 is 22.4 Å². The monoisotopic (exact) mass is 270 g/mol. The van der Waals surface area contributed by atoms with Gasteiger partial charge in [0, 0.05) is 0 Å². The van der Waals surface area contributed by atoms with Crippen LogP contribution in [0.4, 0.5) is 0 Å². The van der Waals surface area contributed by atoms with E-state index >= 15 is 0 Å². The molecule has 0 heterocycles. The maximum absolute atomic E-state index is 10.0. The Balaban J connectivity index is -0.0000000675. The van der Waals surface area contributed by atoms with Gasteiger partial charge in [-0.3, -0.25) is 9.13 Å². The second-order valence-corrected chi connectivity index (χ2v) is 5.33. The molecule has 0 fully saturated rings. The molecule has 0 spiro atoms. The molecule has 0 aliphatic heterocycles. The zero-order chi connectivity index (χ0) is 8.41. The Kier molecular flexibility index (Phi) is 15.2. The molecule has 6 nitrogen and oxygen atoms in total. The summed E-state index contributed by atoms with van der Waals surface area (Å²) >= 11 is 0. The van der Waals surface area contributed by atoms with Crippen molar-refractivity contribution in [1.29, 1.82) is 0 Å². The van der Waals surface area contributed by atoms with E-state index in [1.54, 1.807) is 0 Å². The van der Waals surface area contributed by atoms with Gasteiger partial charge in [-0.25, -0.2) is 0 Å². The first-order valence-corrected chi connectivity index (χ1v) is 5.89. The summed E-state index contributed by atoms with van der Waals surface area (Å²) in [6, 6.07) is 0. The third-order valence-corrected chi connectivity index (χ3v) is 2.65. The molecule has 0 aliphatic carbocycles. The standard InChI is InChI=1S/C2H8O6P2.2K.2H/c3-9(4,5)1-2-10(6,7)8;;;;/h1-2H2,(H2,3,4,5)(H2,6,7,8);;;;/q;2*+1;2*-1. The van der Waals surface area contributed by atoms with E-state index in [1.807, 2.05) is 0 Å². The molecular weight excluding hydrogens is 260 g/mol. The predicted octanol–water partition coefficient (Wildman–Crippen LogP) is -6.43. The zero-order valence-electron chi connectivity index (χ0n) is 8.91. The molecule has 10 heteroatoms. The minimum atomic E-state index is -4.25. The van der Waals surface area contributed by atoms with E-state index in [9.17, 15) is 9.13 Å². The fourth-order valence-corrected chi connectivity index (χ4v) is 2.34. The number of hydrogen-bond acceptors (Lipinski definition) is 2. The van der Waals surface area contributed by atoms with Gasteiger partial charge in [0.1, 0.15) is 0 Å². The Bertz CT molecular complexity index is 180. The summed E-state index contributed by atoms with van der Waals surface area (Å²) in [5.41, 5.74) is 0.